The third-order valence-corrected chi connectivity index (χ3v) is 2.44. The van der Waals surface area contributed by atoms with E-state index in [-0.39, 0.29) is 6.61 Å². The van der Waals surface area contributed by atoms with E-state index in [1.165, 1.54) is 0 Å². The van der Waals surface area contributed by atoms with Crippen LogP contribution in [0.15, 0.2) is 17.0 Å². The standard InChI is InChI=1S/C9H12OS/c1-6-3-8(5-10)4-7(2)9(6)11/h3-4,10-11H,5H2,1-2H3. The Morgan fingerprint density at radius 2 is 1.73 bits per heavy atom. The van der Waals surface area contributed by atoms with Gasteiger partial charge < -0.3 is 5.11 Å². The molecule has 0 fully saturated rings. The van der Waals surface area contributed by atoms with Crippen LogP contribution >= 0.6 is 12.6 Å². The lowest BCUT2D eigenvalue weighted by Gasteiger charge is -2.05. The Morgan fingerprint density at radius 1 is 1.27 bits per heavy atom. The Morgan fingerprint density at radius 3 is 2.09 bits per heavy atom. The van der Waals surface area contributed by atoms with Crippen molar-refractivity contribution < 1.29 is 5.11 Å². The maximum absolute atomic E-state index is 8.85. The maximum atomic E-state index is 8.85. The molecule has 60 valence electrons. The molecule has 0 aliphatic heterocycles. The second-order valence-electron chi connectivity index (χ2n) is 2.74. The molecule has 1 rings (SSSR count). The van der Waals surface area contributed by atoms with Crippen molar-refractivity contribution in [2.75, 3.05) is 0 Å². The quantitative estimate of drug-likeness (QED) is 0.615. The van der Waals surface area contributed by atoms with Gasteiger partial charge in [0.05, 0.1) is 6.61 Å². The van der Waals surface area contributed by atoms with Crippen LogP contribution in [0.25, 0.3) is 0 Å². The molecule has 1 aromatic carbocycles. The number of thiol groups is 1. The van der Waals surface area contributed by atoms with Gasteiger partial charge in [0.1, 0.15) is 0 Å². The number of rotatable bonds is 1. The van der Waals surface area contributed by atoms with Gasteiger partial charge in [-0.1, -0.05) is 12.1 Å². The first-order valence-electron chi connectivity index (χ1n) is 3.55. The predicted molar refractivity (Wildman–Crippen MR) is 49.1 cm³/mol. The fraction of sp³-hybridized carbons (Fsp3) is 0.333. The zero-order chi connectivity index (χ0) is 8.43. The molecule has 0 radical (unpaired) electrons. The molecule has 0 saturated heterocycles. The predicted octanol–water partition coefficient (Wildman–Crippen LogP) is 2.08. The van der Waals surface area contributed by atoms with Gasteiger partial charge in [-0.05, 0) is 30.5 Å². The Labute approximate surface area is 72.5 Å². The largest absolute Gasteiger partial charge is 0.392 e. The molecule has 0 bridgehead atoms. The summed E-state index contributed by atoms with van der Waals surface area (Å²) >= 11 is 4.32. The summed E-state index contributed by atoms with van der Waals surface area (Å²) in [5, 5.41) is 8.85. The van der Waals surface area contributed by atoms with Crippen molar-refractivity contribution in [2.45, 2.75) is 25.3 Å². The first kappa shape index (κ1) is 8.62. The van der Waals surface area contributed by atoms with Gasteiger partial charge in [0, 0.05) is 4.90 Å². The minimum atomic E-state index is 0.107. The summed E-state index contributed by atoms with van der Waals surface area (Å²) in [6, 6.07) is 3.91. The second-order valence-corrected chi connectivity index (χ2v) is 3.18. The normalized spacial score (nSPS) is 10.2. The SMILES string of the molecule is Cc1cc(CO)cc(C)c1S. The van der Waals surface area contributed by atoms with Crippen molar-refractivity contribution in [1.82, 2.24) is 0 Å². The maximum Gasteiger partial charge on any atom is 0.0682 e. The molecule has 0 aromatic heterocycles. The summed E-state index contributed by atoms with van der Waals surface area (Å²) < 4.78 is 0. The molecule has 2 heteroatoms. The van der Waals surface area contributed by atoms with Crippen LogP contribution in [0.5, 0.6) is 0 Å². The van der Waals surface area contributed by atoms with Crippen LogP contribution in [0.1, 0.15) is 16.7 Å². The molecule has 0 amide bonds. The van der Waals surface area contributed by atoms with E-state index in [2.05, 4.69) is 12.6 Å². The Hall–Kier alpha value is -0.470. The van der Waals surface area contributed by atoms with Crippen LogP contribution in [-0.4, -0.2) is 5.11 Å². The summed E-state index contributed by atoms with van der Waals surface area (Å²) in [7, 11) is 0. The number of aliphatic hydroxyl groups is 1. The molecular formula is C9H12OS. The van der Waals surface area contributed by atoms with Crippen molar-refractivity contribution in [2.24, 2.45) is 0 Å². The molecule has 0 spiro atoms. The first-order chi connectivity index (χ1) is 5.15. The van der Waals surface area contributed by atoms with Gasteiger partial charge in [0.15, 0.2) is 0 Å². The lowest BCUT2D eigenvalue weighted by molar-refractivity contribution is 0.281. The fourth-order valence-corrected chi connectivity index (χ4v) is 1.27. The average Bonchev–Trinajstić information content (AvgIpc) is 1.99. The molecule has 0 aliphatic carbocycles. The highest BCUT2D eigenvalue weighted by Crippen LogP contribution is 2.19. The molecule has 0 heterocycles. The van der Waals surface area contributed by atoms with E-state index >= 15 is 0 Å². The molecule has 1 aromatic rings. The van der Waals surface area contributed by atoms with Gasteiger partial charge in [0.25, 0.3) is 0 Å². The highest BCUT2D eigenvalue weighted by molar-refractivity contribution is 7.80. The van der Waals surface area contributed by atoms with Crippen molar-refractivity contribution in [3.8, 4) is 0 Å². The van der Waals surface area contributed by atoms with Crippen LogP contribution in [0.2, 0.25) is 0 Å². The van der Waals surface area contributed by atoms with Gasteiger partial charge in [-0.15, -0.1) is 12.6 Å². The second kappa shape index (κ2) is 3.28. The molecule has 1 nitrogen and oxygen atoms in total. The summed E-state index contributed by atoms with van der Waals surface area (Å²) in [6.07, 6.45) is 0. The van der Waals surface area contributed by atoms with Crippen molar-refractivity contribution >= 4 is 12.6 Å². The Bertz CT molecular complexity index is 245. The zero-order valence-electron chi connectivity index (χ0n) is 6.76. The Kier molecular flexibility index (Phi) is 2.58. The van der Waals surface area contributed by atoms with Crippen molar-refractivity contribution in [1.29, 1.82) is 0 Å². The van der Waals surface area contributed by atoms with E-state index < -0.39 is 0 Å². The van der Waals surface area contributed by atoms with Gasteiger partial charge >= 0.3 is 0 Å². The number of aryl methyl sites for hydroxylation is 2. The minimum Gasteiger partial charge on any atom is -0.392 e. The van der Waals surface area contributed by atoms with E-state index in [9.17, 15) is 0 Å². The number of benzene rings is 1. The third-order valence-electron chi connectivity index (χ3n) is 1.73. The van der Waals surface area contributed by atoms with Crippen LogP contribution in [0, 0.1) is 13.8 Å². The lowest BCUT2D eigenvalue weighted by Crippen LogP contribution is -1.88. The highest BCUT2D eigenvalue weighted by atomic mass is 32.1. The number of aliphatic hydroxyl groups excluding tert-OH is 1. The van der Waals surface area contributed by atoms with Crippen LogP contribution in [0.4, 0.5) is 0 Å². The zero-order valence-corrected chi connectivity index (χ0v) is 7.65. The summed E-state index contributed by atoms with van der Waals surface area (Å²) in [5.74, 6) is 0. The molecule has 1 N–H and O–H groups in total. The monoisotopic (exact) mass is 168 g/mol. The third kappa shape index (κ3) is 1.76. The Balaban J connectivity index is 3.21. The fourth-order valence-electron chi connectivity index (χ4n) is 1.14. The molecule has 0 atom stereocenters. The van der Waals surface area contributed by atoms with Crippen molar-refractivity contribution in [3.05, 3.63) is 28.8 Å². The first-order valence-corrected chi connectivity index (χ1v) is 4.00. The van der Waals surface area contributed by atoms with Gasteiger partial charge in [-0.25, -0.2) is 0 Å². The van der Waals surface area contributed by atoms with E-state index in [0.717, 1.165) is 21.6 Å². The highest BCUT2D eigenvalue weighted by Gasteiger charge is 1.99. The van der Waals surface area contributed by atoms with Gasteiger partial charge in [0.2, 0.25) is 0 Å². The van der Waals surface area contributed by atoms with Crippen LogP contribution < -0.4 is 0 Å². The van der Waals surface area contributed by atoms with E-state index in [4.69, 9.17) is 5.11 Å². The van der Waals surface area contributed by atoms with Crippen LogP contribution in [-0.2, 0) is 6.61 Å². The number of hydrogen-bond donors (Lipinski definition) is 2. The molecule has 0 saturated carbocycles. The summed E-state index contributed by atoms with van der Waals surface area (Å²) in [4.78, 5) is 1.02. The van der Waals surface area contributed by atoms with E-state index in [1.54, 1.807) is 0 Å². The minimum absolute atomic E-state index is 0.107. The molecule has 11 heavy (non-hydrogen) atoms. The summed E-state index contributed by atoms with van der Waals surface area (Å²) in [6.45, 7) is 4.10. The average molecular weight is 168 g/mol. The van der Waals surface area contributed by atoms with Gasteiger partial charge in [-0.3, -0.25) is 0 Å². The molecule has 0 aliphatic rings. The van der Waals surface area contributed by atoms with Crippen molar-refractivity contribution in [3.63, 3.8) is 0 Å². The summed E-state index contributed by atoms with van der Waals surface area (Å²) in [5.41, 5.74) is 3.20. The molecule has 0 unspecified atom stereocenters. The van der Waals surface area contributed by atoms with E-state index in [1.807, 2.05) is 26.0 Å². The van der Waals surface area contributed by atoms with E-state index in [0.29, 0.717) is 0 Å². The number of hydrogen-bond acceptors (Lipinski definition) is 2. The van der Waals surface area contributed by atoms with Gasteiger partial charge in [-0.2, -0.15) is 0 Å². The van der Waals surface area contributed by atoms with Crippen LogP contribution in [0.3, 0.4) is 0 Å². The lowest BCUT2D eigenvalue weighted by atomic mass is 10.1. The topological polar surface area (TPSA) is 20.2 Å². The molecular weight excluding hydrogens is 156 g/mol. The smallest absolute Gasteiger partial charge is 0.0682 e.